The summed E-state index contributed by atoms with van der Waals surface area (Å²) in [6.45, 7) is 2.09. The van der Waals surface area contributed by atoms with Gasteiger partial charge >= 0.3 is 0 Å². The first kappa shape index (κ1) is 6.02. The topological polar surface area (TPSA) is 36.3 Å². The predicted octanol–water partition coefficient (Wildman–Crippen LogP) is 1.32. The van der Waals surface area contributed by atoms with Crippen LogP contribution in [0.3, 0.4) is 0 Å². The van der Waals surface area contributed by atoms with Crippen molar-refractivity contribution in [1.82, 2.24) is 0 Å². The quantitative estimate of drug-likeness (QED) is 0.487. The highest BCUT2D eigenvalue weighted by Crippen LogP contribution is 2.63. The molecule has 1 heterocycles. The van der Waals surface area contributed by atoms with Crippen LogP contribution in [0.2, 0.25) is 0 Å². The minimum Gasteiger partial charge on any atom is -0.369 e. The maximum atomic E-state index is 8.98. The Morgan fingerprint density at radius 2 is 2.36 bits per heavy atom. The Morgan fingerprint density at radius 1 is 1.55 bits per heavy atom. The van der Waals surface area contributed by atoms with E-state index in [0.717, 1.165) is 12.3 Å². The van der Waals surface area contributed by atoms with Gasteiger partial charge in [0.25, 0.3) is 0 Å². The number of nitriles is 1. The fourth-order valence-corrected chi connectivity index (χ4v) is 3.08. The molecule has 0 radical (unpaired) electrons. The largest absolute Gasteiger partial charge is 0.369 e. The monoisotopic (exact) mass is 149 g/mol. The lowest BCUT2D eigenvalue weighted by molar-refractivity contribution is 0.230. The molecule has 2 saturated carbocycles. The summed E-state index contributed by atoms with van der Waals surface area (Å²) >= 11 is 0. The molecule has 1 aliphatic heterocycles. The van der Waals surface area contributed by atoms with Gasteiger partial charge in [0, 0.05) is 5.92 Å². The van der Waals surface area contributed by atoms with Crippen molar-refractivity contribution in [1.29, 1.82) is 5.26 Å². The Bertz CT molecular complexity index is 257. The van der Waals surface area contributed by atoms with Crippen molar-refractivity contribution in [2.24, 2.45) is 17.3 Å². The summed E-state index contributed by atoms with van der Waals surface area (Å²) in [7, 11) is 0. The molecule has 0 unspecified atom stereocenters. The zero-order chi connectivity index (χ0) is 7.64. The first-order valence-electron chi connectivity index (χ1n) is 4.31. The van der Waals surface area contributed by atoms with Crippen molar-refractivity contribution in [3.05, 3.63) is 0 Å². The number of rotatable bonds is 0. The van der Waals surface area contributed by atoms with Crippen LogP contribution < -0.4 is 0 Å². The molecule has 0 aromatic carbocycles. The first-order valence-corrected chi connectivity index (χ1v) is 4.31. The van der Waals surface area contributed by atoms with Gasteiger partial charge in [-0.25, -0.2) is 0 Å². The van der Waals surface area contributed by atoms with Gasteiger partial charge in [0.1, 0.15) is 0 Å². The predicted molar refractivity (Wildman–Crippen MR) is 38.6 cm³/mol. The summed E-state index contributed by atoms with van der Waals surface area (Å²) in [6, 6.07) is 2.45. The molecule has 0 N–H and O–H groups in total. The second-order valence-corrected chi connectivity index (χ2v) is 4.40. The summed E-state index contributed by atoms with van der Waals surface area (Å²) in [5, 5.41) is 8.98. The summed E-state index contributed by atoms with van der Waals surface area (Å²) in [5.41, 5.74) is -0.0532. The van der Waals surface area contributed by atoms with Gasteiger partial charge in [0.05, 0.1) is 23.7 Å². The molecule has 58 valence electrons. The molecule has 3 rings (SSSR count). The zero-order valence-electron chi connectivity index (χ0n) is 6.58. The molecule has 1 saturated heterocycles. The third kappa shape index (κ3) is 0.530. The van der Waals surface area contributed by atoms with Crippen molar-refractivity contribution in [2.75, 3.05) is 0 Å². The van der Waals surface area contributed by atoms with Crippen LogP contribution in [0.15, 0.2) is 0 Å². The highest BCUT2D eigenvalue weighted by Gasteiger charge is 2.67. The van der Waals surface area contributed by atoms with Crippen LogP contribution >= 0.6 is 0 Å². The van der Waals surface area contributed by atoms with Gasteiger partial charge in [-0.05, 0) is 25.7 Å². The normalized spacial score (nSPS) is 64.0. The summed E-state index contributed by atoms with van der Waals surface area (Å²) < 4.78 is 5.49. The fourth-order valence-electron chi connectivity index (χ4n) is 3.08. The fraction of sp³-hybridized carbons (Fsp3) is 0.889. The minimum atomic E-state index is -0.0532. The van der Waals surface area contributed by atoms with Crippen molar-refractivity contribution in [2.45, 2.75) is 32.0 Å². The molecule has 0 aromatic rings. The molecular formula is C9H11NO. The Hall–Kier alpha value is -0.550. The number of hydrogen-bond acceptors (Lipinski definition) is 2. The van der Waals surface area contributed by atoms with E-state index < -0.39 is 0 Å². The number of fused-ring (bicyclic) bond motifs is 5. The van der Waals surface area contributed by atoms with Crippen molar-refractivity contribution >= 4 is 0 Å². The van der Waals surface area contributed by atoms with Crippen LogP contribution in [-0.4, -0.2) is 12.2 Å². The molecule has 3 aliphatic rings. The van der Waals surface area contributed by atoms with E-state index in [1.54, 1.807) is 0 Å². The number of ether oxygens (including phenoxy) is 1. The third-order valence-corrected chi connectivity index (χ3v) is 3.74. The molecule has 0 spiro atoms. The van der Waals surface area contributed by atoms with Crippen LogP contribution in [-0.2, 0) is 4.74 Å². The average Bonchev–Trinajstić information content (AvgIpc) is 2.65. The standard InChI is InChI=1S/C9H11NO/c1-9(4-10)3-5-2-6(9)8-7(5)11-8/h5-8H,2-3H2,1H3/t5-,6-,7+,8-,9-/m1/s1. The van der Waals surface area contributed by atoms with E-state index in [1.807, 2.05) is 0 Å². The summed E-state index contributed by atoms with van der Waals surface area (Å²) in [4.78, 5) is 0. The Morgan fingerprint density at radius 3 is 2.91 bits per heavy atom. The van der Waals surface area contributed by atoms with E-state index >= 15 is 0 Å². The molecule has 2 nitrogen and oxygen atoms in total. The van der Waals surface area contributed by atoms with E-state index in [4.69, 9.17) is 10.00 Å². The molecule has 3 fully saturated rings. The van der Waals surface area contributed by atoms with Gasteiger partial charge in [-0.3, -0.25) is 0 Å². The highest BCUT2D eigenvalue weighted by molar-refractivity contribution is 5.20. The number of nitrogens with zero attached hydrogens (tertiary/aromatic N) is 1. The maximum absolute atomic E-state index is 8.98. The van der Waals surface area contributed by atoms with Crippen LogP contribution in [0.25, 0.3) is 0 Å². The van der Waals surface area contributed by atoms with Gasteiger partial charge in [0.2, 0.25) is 0 Å². The second kappa shape index (κ2) is 1.47. The smallest absolute Gasteiger partial charge is 0.0888 e. The van der Waals surface area contributed by atoms with E-state index in [9.17, 15) is 0 Å². The lowest BCUT2D eigenvalue weighted by Crippen LogP contribution is -2.27. The van der Waals surface area contributed by atoms with Crippen LogP contribution in [0.1, 0.15) is 19.8 Å². The molecule has 5 atom stereocenters. The van der Waals surface area contributed by atoms with Gasteiger partial charge in [-0.1, -0.05) is 0 Å². The average molecular weight is 149 g/mol. The first-order chi connectivity index (χ1) is 5.24. The van der Waals surface area contributed by atoms with E-state index in [0.29, 0.717) is 18.1 Å². The molecule has 0 aromatic heterocycles. The third-order valence-electron chi connectivity index (χ3n) is 3.74. The van der Waals surface area contributed by atoms with Gasteiger partial charge in [-0.15, -0.1) is 0 Å². The van der Waals surface area contributed by atoms with Gasteiger partial charge in [0.15, 0.2) is 0 Å². The summed E-state index contributed by atoms with van der Waals surface area (Å²) in [6.07, 6.45) is 3.36. The van der Waals surface area contributed by atoms with Crippen LogP contribution in [0, 0.1) is 28.6 Å². The van der Waals surface area contributed by atoms with E-state index in [2.05, 4.69) is 13.0 Å². The highest BCUT2D eigenvalue weighted by atomic mass is 16.6. The van der Waals surface area contributed by atoms with Gasteiger partial charge < -0.3 is 4.74 Å². The Labute approximate surface area is 66.1 Å². The lowest BCUT2D eigenvalue weighted by Gasteiger charge is -2.23. The van der Waals surface area contributed by atoms with Crippen molar-refractivity contribution < 1.29 is 4.74 Å². The maximum Gasteiger partial charge on any atom is 0.0888 e. The van der Waals surface area contributed by atoms with E-state index in [1.165, 1.54) is 6.42 Å². The molecule has 11 heavy (non-hydrogen) atoms. The second-order valence-electron chi connectivity index (χ2n) is 4.40. The molecule has 2 aliphatic carbocycles. The zero-order valence-corrected chi connectivity index (χ0v) is 6.58. The van der Waals surface area contributed by atoms with Crippen LogP contribution in [0.5, 0.6) is 0 Å². The number of epoxide rings is 1. The molecule has 2 bridgehead atoms. The molecule has 0 amide bonds. The molecule has 2 heteroatoms. The van der Waals surface area contributed by atoms with E-state index in [-0.39, 0.29) is 5.41 Å². The minimum absolute atomic E-state index is 0.0532. The SMILES string of the molecule is C[C@]1(C#N)C[C@H]2C[C@@H]1[C@H]1O[C@@H]21. The van der Waals surface area contributed by atoms with Crippen LogP contribution in [0.4, 0.5) is 0 Å². The van der Waals surface area contributed by atoms with Gasteiger partial charge in [-0.2, -0.15) is 5.26 Å². The number of hydrogen-bond donors (Lipinski definition) is 0. The van der Waals surface area contributed by atoms with Crippen molar-refractivity contribution in [3.8, 4) is 6.07 Å². The lowest BCUT2D eigenvalue weighted by atomic mass is 9.76. The summed E-state index contributed by atoms with van der Waals surface area (Å²) in [5.74, 6) is 1.28. The van der Waals surface area contributed by atoms with Crippen molar-refractivity contribution in [3.63, 3.8) is 0 Å². The Kier molecular flexibility index (Phi) is 0.803. The molecular weight excluding hydrogens is 138 g/mol. The Balaban J connectivity index is 1.99.